The lowest BCUT2D eigenvalue weighted by molar-refractivity contribution is 0.0976. The zero-order chi connectivity index (χ0) is 17.1. The largest absolute Gasteiger partial charge is 0.507 e. The van der Waals surface area contributed by atoms with Crippen LogP contribution in [-0.2, 0) is 0 Å². The molecule has 0 spiro atoms. The Labute approximate surface area is 141 Å². The number of ether oxygens (including phenoxy) is 1. The van der Waals surface area contributed by atoms with Crippen molar-refractivity contribution >= 4 is 5.78 Å². The van der Waals surface area contributed by atoms with Crippen LogP contribution in [0, 0.1) is 5.92 Å². The zero-order valence-electron chi connectivity index (χ0n) is 14.9. The van der Waals surface area contributed by atoms with Crippen LogP contribution in [0.2, 0.25) is 0 Å². The fourth-order valence-electron chi connectivity index (χ4n) is 2.62. The van der Waals surface area contributed by atoms with Gasteiger partial charge in [0.1, 0.15) is 11.5 Å². The number of rotatable bonds is 12. The van der Waals surface area contributed by atoms with E-state index in [1.165, 1.54) is 19.3 Å². The van der Waals surface area contributed by atoms with Crippen LogP contribution in [0.4, 0.5) is 0 Å². The van der Waals surface area contributed by atoms with Crippen LogP contribution in [-0.4, -0.2) is 17.5 Å². The van der Waals surface area contributed by atoms with Crippen LogP contribution in [0.15, 0.2) is 18.2 Å². The first-order valence-electron chi connectivity index (χ1n) is 9.11. The van der Waals surface area contributed by atoms with Gasteiger partial charge in [0.05, 0.1) is 12.2 Å². The van der Waals surface area contributed by atoms with E-state index in [1.54, 1.807) is 18.2 Å². The highest BCUT2D eigenvalue weighted by Gasteiger charge is 2.13. The lowest BCUT2D eigenvalue weighted by Crippen LogP contribution is -2.11. The van der Waals surface area contributed by atoms with Crippen LogP contribution in [0.3, 0.4) is 0 Å². The van der Waals surface area contributed by atoms with Crippen LogP contribution >= 0.6 is 0 Å². The van der Waals surface area contributed by atoms with E-state index in [4.69, 9.17) is 4.74 Å². The second kappa shape index (κ2) is 11.1. The Bertz CT molecular complexity index is 468. The molecule has 0 fully saturated rings. The lowest BCUT2D eigenvalue weighted by Gasteiger charge is -2.16. The second-order valence-electron chi connectivity index (χ2n) is 6.29. The number of phenols is 1. The molecule has 0 heterocycles. The Hall–Kier alpha value is -1.51. The van der Waals surface area contributed by atoms with E-state index in [0.29, 0.717) is 30.3 Å². The predicted octanol–water partition coefficient (Wildman–Crippen LogP) is 5.75. The van der Waals surface area contributed by atoms with Gasteiger partial charge in [-0.1, -0.05) is 52.9 Å². The van der Waals surface area contributed by atoms with E-state index in [-0.39, 0.29) is 11.5 Å². The van der Waals surface area contributed by atoms with Gasteiger partial charge in [-0.2, -0.15) is 0 Å². The standard InChI is InChI=1S/C20H32O3/c1-4-7-9-11-19(21)18-13-12-17(14-20(18)22)23-15-16(6-3)10-8-5-2/h12-14,16,22H,4-11,15H2,1-3H3. The van der Waals surface area contributed by atoms with Crippen molar-refractivity contribution in [2.75, 3.05) is 6.61 Å². The maximum absolute atomic E-state index is 12.1. The van der Waals surface area contributed by atoms with Crippen molar-refractivity contribution in [3.05, 3.63) is 23.8 Å². The number of hydrogen-bond donors (Lipinski definition) is 1. The van der Waals surface area contributed by atoms with Crippen molar-refractivity contribution in [3.63, 3.8) is 0 Å². The molecule has 0 aliphatic rings. The highest BCUT2D eigenvalue weighted by molar-refractivity contribution is 5.98. The third-order valence-electron chi connectivity index (χ3n) is 4.31. The molecule has 1 unspecified atom stereocenters. The molecule has 0 saturated carbocycles. The fourth-order valence-corrected chi connectivity index (χ4v) is 2.62. The van der Waals surface area contributed by atoms with Crippen molar-refractivity contribution in [3.8, 4) is 11.5 Å². The highest BCUT2D eigenvalue weighted by atomic mass is 16.5. The summed E-state index contributed by atoms with van der Waals surface area (Å²) in [6.45, 7) is 7.15. The van der Waals surface area contributed by atoms with Crippen molar-refractivity contribution < 1.29 is 14.6 Å². The molecule has 0 aliphatic heterocycles. The molecule has 0 bridgehead atoms. The summed E-state index contributed by atoms with van der Waals surface area (Å²) in [6.07, 6.45) is 8.20. The van der Waals surface area contributed by atoms with Crippen LogP contribution < -0.4 is 4.74 Å². The van der Waals surface area contributed by atoms with Crippen LogP contribution in [0.25, 0.3) is 0 Å². The Morgan fingerprint density at radius 3 is 2.48 bits per heavy atom. The SMILES string of the molecule is CCCCCC(=O)c1ccc(OCC(CC)CCCC)cc1O. The normalized spacial score (nSPS) is 12.1. The van der Waals surface area contributed by atoms with Crippen LogP contribution in [0.1, 0.15) is 82.5 Å². The van der Waals surface area contributed by atoms with Gasteiger partial charge in [0.2, 0.25) is 0 Å². The van der Waals surface area contributed by atoms with Gasteiger partial charge < -0.3 is 9.84 Å². The summed E-state index contributed by atoms with van der Waals surface area (Å²) < 4.78 is 5.80. The van der Waals surface area contributed by atoms with Crippen molar-refractivity contribution in [1.82, 2.24) is 0 Å². The van der Waals surface area contributed by atoms with Gasteiger partial charge in [0.15, 0.2) is 5.78 Å². The molecule has 0 saturated heterocycles. The summed E-state index contributed by atoms with van der Waals surface area (Å²) in [5.74, 6) is 1.23. The molecule has 0 radical (unpaired) electrons. The maximum atomic E-state index is 12.1. The Morgan fingerprint density at radius 1 is 1.13 bits per heavy atom. The molecule has 3 nitrogen and oxygen atoms in total. The first-order valence-corrected chi connectivity index (χ1v) is 9.11. The number of unbranched alkanes of at least 4 members (excludes halogenated alkanes) is 3. The van der Waals surface area contributed by atoms with E-state index in [2.05, 4.69) is 20.8 Å². The number of carbonyl (C=O) groups is 1. The number of carbonyl (C=O) groups excluding carboxylic acids is 1. The van der Waals surface area contributed by atoms with E-state index in [1.807, 2.05) is 0 Å². The highest BCUT2D eigenvalue weighted by Crippen LogP contribution is 2.26. The van der Waals surface area contributed by atoms with Crippen molar-refractivity contribution in [2.24, 2.45) is 5.92 Å². The summed E-state index contributed by atoms with van der Waals surface area (Å²) in [7, 11) is 0. The molecular formula is C20H32O3. The molecule has 1 rings (SSSR count). The minimum atomic E-state index is 0.0110. The Morgan fingerprint density at radius 2 is 1.87 bits per heavy atom. The zero-order valence-corrected chi connectivity index (χ0v) is 14.9. The quantitative estimate of drug-likeness (QED) is 0.394. The van der Waals surface area contributed by atoms with E-state index in [9.17, 15) is 9.90 Å². The van der Waals surface area contributed by atoms with Gasteiger partial charge in [0, 0.05) is 12.5 Å². The molecule has 3 heteroatoms. The third kappa shape index (κ3) is 7.06. The number of ketones is 1. The summed E-state index contributed by atoms with van der Waals surface area (Å²) >= 11 is 0. The second-order valence-corrected chi connectivity index (χ2v) is 6.29. The number of benzene rings is 1. The molecule has 1 atom stereocenters. The minimum Gasteiger partial charge on any atom is -0.507 e. The lowest BCUT2D eigenvalue weighted by atomic mass is 10.0. The van der Waals surface area contributed by atoms with E-state index < -0.39 is 0 Å². The first kappa shape index (κ1) is 19.5. The van der Waals surface area contributed by atoms with Gasteiger partial charge in [-0.25, -0.2) is 0 Å². The average Bonchev–Trinajstić information content (AvgIpc) is 2.55. The molecule has 0 aromatic heterocycles. The van der Waals surface area contributed by atoms with E-state index >= 15 is 0 Å². The monoisotopic (exact) mass is 320 g/mol. The predicted molar refractivity (Wildman–Crippen MR) is 95.4 cm³/mol. The van der Waals surface area contributed by atoms with Gasteiger partial charge in [0.25, 0.3) is 0 Å². The topological polar surface area (TPSA) is 46.5 Å². The molecular weight excluding hydrogens is 288 g/mol. The third-order valence-corrected chi connectivity index (χ3v) is 4.31. The maximum Gasteiger partial charge on any atom is 0.166 e. The smallest absolute Gasteiger partial charge is 0.166 e. The number of hydrogen-bond acceptors (Lipinski definition) is 3. The number of aromatic hydroxyl groups is 1. The number of Topliss-reactive ketones (excluding diaryl/α,β-unsaturated/α-hetero) is 1. The first-order chi connectivity index (χ1) is 11.1. The van der Waals surface area contributed by atoms with Crippen LogP contribution in [0.5, 0.6) is 11.5 Å². The van der Waals surface area contributed by atoms with Gasteiger partial charge in [-0.3, -0.25) is 4.79 Å². The molecule has 23 heavy (non-hydrogen) atoms. The van der Waals surface area contributed by atoms with Crippen molar-refractivity contribution in [2.45, 2.75) is 72.1 Å². The average molecular weight is 320 g/mol. The number of phenolic OH excluding ortho intramolecular Hbond substituents is 1. The molecule has 1 aromatic carbocycles. The molecule has 0 amide bonds. The summed E-state index contributed by atoms with van der Waals surface area (Å²) in [5.41, 5.74) is 0.409. The Kier molecular flexibility index (Phi) is 9.42. The van der Waals surface area contributed by atoms with Gasteiger partial charge >= 0.3 is 0 Å². The molecule has 1 N–H and O–H groups in total. The molecule has 130 valence electrons. The van der Waals surface area contributed by atoms with Gasteiger partial charge in [-0.15, -0.1) is 0 Å². The van der Waals surface area contributed by atoms with Gasteiger partial charge in [-0.05, 0) is 30.9 Å². The summed E-state index contributed by atoms with van der Waals surface area (Å²) in [6, 6.07) is 5.05. The fraction of sp³-hybridized carbons (Fsp3) is 0.650. The summed E-state index contributed by atoms with van der Waals surface area (Å²) in [4.78, 5) is 12.1. The minimum absolute atomic E-state index is 0.0110. The molecule has 0 aliphatic carbocycles. The van der Waals surface area contributed by atoms with Crippen molar-refractivity contribution in [1.29, 1.82) is 0 Å². The summed E-state index contributed by atoms with van der Waals surface area (Å²) in [5, 5.41) is 10.1. The Balaban J connectivity index is 2.56. The van der Waals surface area contributed by atoms with E-state index in [0.717, 1.165) is 25.7 Å². The molecule has 1 aromatic rings.